The summed E-state index contributed by atoms with van der Waals surface area (Å²) in [4.78, 5) is 11.0. The summed E-state index contributed by atoms with van der Waals surface area (Å²) < 4.78 is 4.59. The molecule has 2 nitrogen and oxygen atoms in total. The van der Waals surface area contributed by atoms with Crippen molar-refractivity contribution >= 4 is 5.97 Å². The average Bonchev–Trinajstić information content (AvgIpc) is 2.38. The number of hydrogen-bond donors (Lipinski definition) is 0. The third-order valence-electron chi connectivity index (χ3n) is 3.96. The van der Waals surface area contributed by atoms with E-state index in [-0.39, 0.29) is 5.97 Å². The predicted octanol–water partition coefficient (Wildman–Crippen LogP) is 5.15. The van der Waals surface area contributed by atoms with E-state index in [2.05, 4.69) is 38.5 Å². The topological polar surface area (TPSA) is 26.3 Å². The molecule has 0 aromatic rings. The molecule has 20 heavy (non-hydrogen) atoms. The lowest BCUT2D eigenvalue weighted by Gasteiger charge is -2.16. The lowest BCUT2D eigenvalue weighted by molar-refractivity contribution is -0.134. The molecule has 2 heteroatoms. The van der Waals surface area contributed by atoms with Crippen LogP contribution in [0.2, 0.25) is 0 Å². The van der Waals surface area contributed by atoms with Crippen LogP contribution >= 0.6 is 0 Å². The molecule has 2 unspecified atom stereocenters. The lowest BCUT2D eigenvalue weighted by Crippen LogP contribution is -2.04. The fourth-order valence-electron chi connectivity index (χ4n) is 2.02. The van der Waals surface area contributed by atoms with Gasteiger partial charge >= 0.3 is 5.97 Å². The SMILES string of the molecule is COC(=O)/C=C(C)/C=C/CC(C)CCCC(C)C(C)C. The van der Waals surface area contributed by atoms with E-state index in [0.29, 0.717) is 5.92 Å². The van der Waals surface area contributed by atoms with Gasteiger partial charge in [0.25, 0.3) is 0 Å². The first-order valence-electron chi connectivity index (χ1n) is 7.79. The summed E-state index contributed by atoms with van der Waals surface area (Å²) in [6.07, 6.45) is 10.7. The minimum atomic E-state index is -0.289. The first-order chi connectivity index (χ1) is 9.36. The van der Waals surface area contributed by atoms with Gasteiger partial charge in [0.15, 0.2) is 0 Å². The molecule has 0 N–H and O–H groups in total. The normalized spacial score (nSPS) is 15.7. The van der Waals surface area contributed by atoms with E-state index in [1.165, 1.54) is 32.4 Å². The van der Waals surface area contributed by atoms with Gasteiger partial charge in [0, 0.05) is 6.08 Å². The van der Waals surface area contributed by atoms with Crippen molar-refractivity contribution in [3.05, 3.63) is 23.8 Å². The Morgan fingerprint density at radius 3 is 2.35 bits per heavy atom. The number of carbonyl (C=O) groups excluding carboxylic acids is 1. The van der Waals surface area contributed by atoms with Crippen LogP contribution < -0.4 is 0 Å². The van der Waals surface area contributed by atoms with Gasteiger partial charge in [-0.15, -0.1) is 0 Å². The Bertz CT molecular complexity index is 326. The zero-order chi connectivity index (χ0) is 15.5. The Morgan fingerprint density at radius 1 is 1.15 bits per heavy atom. The number of hydrogen-bond acceptors (Lipinski definition) is 2. The predicted molar refractivity (Wildman–Crippen MR) is 86.5 cm³/mol. The molecule has 0 saturated heterocycles. The van der Waals surface area contributed by atoms with Gasteiger partial charge in [-0.1, -0.05) is 59.1 Å². The van der Waals surface area contributed by atoms with Crippen LogP contribution in [-0.2, 0) is 9.53 Å². The van der Waals surface area contributed by atoms with E-state index >= 15 is 0 Å². The van der Waals surface area contributed by atoms with Crippen LogP contribution in [0.15, 0.2) is 23.8 Å². The van der Waals surface area contributed by atoms with E-state index in [9.17, 15) is 4.79 Å². The maximum atomic E-state index is 11.0. The van der Waals surface area contributed by atoms with Crippen molar-refractivity contribution in [2.45, 2.75) is 60.3 Å². The Labute approximate surface area is 125 Å². The number of allylic oxidation sites excluding steroid dienone is 3. The van der Waals surface area contributed by atoms with Crippen LogP contribution in [-0.4, -0.2) is 13.1 Å². The Kier molecular flexibility index (Phi) is 10.1. The third kappa shape index (κ3) is 9.82. The quantitative estimate of drug-likeness (QED) is 0.331. The van der Waals surface area contributed by atoms with Crippen molar-refractivity contribution in [3.8, 4) is 0 Å². The van der Waals surface area contributed by atoms with Gasteiger partial charge in [0.1, 0.15) is 0 Å². The highest BCUT2D eigenvalue weighted by atomic mass is 16.5. The molecule has 116 valence electrons. The molecule has 0 bridgehead atoms. The first kappa shape index (κ1) is 18.9. The second kappa shape index (κ2) is 10.7. The summed E-state index contributed by atoms with van der Waals surface area (Å²) in [6.45, 7) is 11.2. The van der Waals surface area contributed by atoms with Gasteiger partial charge in [-0.05, 0) is 36.7 Å². The summed E-state index contributed by atoms with van der Waals surface area (Å²) in [5.41, 5.74) is 0.942. The highest BCUT2D eigenvalue weighted by molar-refractivity contribution is 5.83. The molecule has 0 radical (unpaired) electrons. The van der Waals surface area contributed by atoms with Crippen LogP contribution in [0.1, 0.15) is 60.3 Å². The van der Waals surface area contributed by atoms with Gasteiger partial charge < -0.3 is 4.74 Å². The number of methoxy groups -OCH3 is 1. The van der Waals surface area contributed by atoms with Gasteiger partial charge in [0.05, 0.1) is 7.11 Å². The van der Waals surface area contributed by atoms with Gasteiger partial charge in [0.2, 0.25) is 0 Å². The second-order valence-electron chi connectivity index (χ2n) is 6.31. The molecule has 0 aromatic carbocycles. The summed E-state index contributed by atoms with van der Waals surface area (Å²) in [6, 6.07) is 0. The molecule has 0 aliphatic carbocycles. The van der Waals surface area contributed by atoms with Crippen molar-refractivity contribution in [1.82, 2.24) is 0 Å². The van der Waals surface area contributed by atoms with E-state index in [4.69, 9.17) is 0 Å². The van der Waals surface area contributed by atoms with Crippen LogP contribution in [0.5, 0.6) is 0 Å². The summed E-state index contributed by atoms with van der Waals surface area (Å²) in [5, 5.41) is 0. The molecule has 0 aliphatic rings. The zero-order valence-corrected chi connectivity index (χ0v) is 14.1. The number of carbonyl (C=O) groups is 1. The molecule has 0 amide bonds. The molecular weight excluding hydrogens is 248 g/mol. The molecular formula is C18H32O2. The fraction of sp³-hybridized carbons (Fsp3) is 0.722. The van der Waals surface area contributed by atoms with E-state index in [1.807, 2.05) is 13.0 Å². The van der Waals surface area contributed by atoms with Crippen LogP contribution in [0.3, 0.4) is 0 Å². The Morgan fingerprint density at radius 2 is 1.80 bits per heavy atom. The minimum absolute atomic E-state index is 0.289. The number of rotatable bonds is 9. The van der Waals surface area contributed by atoms with E-state index < -0.39 is 0 Å². The second-order valence-corrected chi connectivity index (χ2v) is 6.31. The van der Waals surface area contributed by atoms with Crippen LogP contribution in [0.4, 0.5) is 0 Å². The molecule has 0 saturated carbocycles. The first-order valence-corrected chi connectivity index (χ1v) is 7.79. The van der Waals surface area contributed by atoms with Crippen molar-refractivity contribution in [1.29, 1.82) is 0 Å². The monoisotopic (exact) mass is 280 g/mol. The van der Waals surface area contributed by atoms with Gasteiger partial charge in [-0.2, -0.15) is 0 Å². The minimum Gasteiger partial charge on any atom is -0.466 e. The van der Waals surface area contributed by atoms with Crippen molar-refractivity contribution in [2.24, 2.45) is 17.8 Å². The molecule has 0 fully saturated rings. The third-order valence-corrected chi connectivity index (χ3v) is 3.96. The maximum Gasteiger partial charge on any atom is 0.330 e. The molecule has 0 aliphatic heterocycles. The zero-order valence-electron chi connectivity index (χ0n) is 14.1. The molecule has 0 spiro atoms. The van der Waals surface area contributed by atoms with Crippen molar-refractivity contribution in [2.75, 3.05) is 7.11 Å². The van der Waals surface area contributed by atoms with Crippen molar-refractivity contribution < 1.29 is 9.53 Å². The highest BCUT2D eigenvalue weighted by Crippen LogP contribution is 2.20. The van der Waals surface area contributed by atoms with Gasteiger partial charge in [-0.3, -0.25) is 0 Å². The summed E-state index contributed by atoms with van der Waals surface area (Å²) >= 11 is 0. The number of ether oxygens (including phenoxy) is 1. The van der Waals surface area contributed by atoms with E-state index in [1.54, 1.807) is 0 Å². The average molecular weight is 280 g/mol. The van der Waals surface area contributed by atoms with Crippen LogP contribution in [0.25, 0.3) is 0 Å². The van der Waals surface area contributed by atoms with Gasteiger partial charge in [-0.25, -0.2) is 4.79 Å². The lowest BCUT2D eigenvalue weighted by atomic mass is 9.90. The number of esters is 1. The Balaban J connectivity index is 3.90. The highest BCUT2D eigenvalue weighted by Gasteiger charge is 2.07. The molecule has 0 rings (SSSR count). The summed E-state index contributed by atoms with van der Waals surface area (Å²) in [5.74, 6) is 2.03. The molecule has 2 atom stereocenters. The maximum absolute atomic E-state index is 11.0. The van der Waals surface area contributed by atoms with E-state index in [0.717, 1.165) is 23.8 Å². The van der Waals surface area contributed by atoms with Crippen molar-refractivity contribution in [3.63, 3.8) is 0 Å². The fourth-order valence-corrected chi connectivity index (χ4v) is 2.02. The largest absolute Gasteiger partial charge is 0.466 e. The Hall–Kier alpha value is -1.05. The smallest absolute Gasteiger partial charge is 0.330 e. The molecule has 0 aromatic heterocycles. The summed E-state index contributed by atoms with van der Waals surface area (Å²) in [7, 11) is 1.40. The standard InChI is InChI=1S/C18H32O2/c1-14(2)17(5)12-8-10-15(3)9-7-11-16(4)13-18(19)20-6/h7,11,13-15,17H,8-10,12H2,1-6H3/b11-7+,16-13+. The molecule has 0 heterocycles. The van der Waals surface area contributed by atoms with Crippen LogP contribution in [0, 0.1) is 17.8 Å².